The first kappa shape index (κ1) is 15.3. The summed E-state index contributed by atoms with van der Waals surface area (Å²) in [6.07, 6.45) is 0.720. The fourth-order valence-corrected chi connectivity index (χ4v) is 2.36. The largest absolute Gasteiger partial charge is 0.351 e. The summed E-state index contributed by atoms with van der Waals surface area (Å²) in [6.45, 7) is 3.28. The van der Waals surface area contributed by atoms with Crippen molar-refractivity contribution in [2.24, 2.45) is 5.73 Å². The van der Waals surface area contributed by atoms with Gasteiger partial charge in [0.15, 0.2) is 0 Å². The Balaban J connectivity index is 1.99. The smallest absolute Gasteiger partial charge is 0.251 e. The number of carbonyl (C=O) groups excluding carboxylic acids is 1. The average molecular weight is 282 g/mol. The molecule has 2 aromatic carbocycles. The van der Waals surface area contributed by atoms with Crippen LogP contribution in [0.15, 0.2) is 54.6 Å². The number of benzene rings is 2. The number of nitrogens with two attached hydrogens (primary N) is 1. The molecule has 0 radical (unpaired) electrons. The number of nitrogens with one attached hydrogen (secondary N) is 1. The molecule has 21 heavy (non-hydrogen) atoms. The van der Waals surface area contributed by atoms with E-state index in [9.17, 15) is 4.79 Å². The minimum Gasteiger partial charge on any atom is -0.351 e. The molecule has 0 heterocycles. The van der Waals surface area contributed by atoms with Gasteiger partial charge in [0.2, 0.25) is 0 Å². The zero-order chi connectivity index (χ0) is 15.1. The summed E-state index contributed by atoms with van der Waals surface area (Å²) < 4.78 is 0. The Morgan fingerprint density at radius 1 is 1.10 bits per heavy atom. The molecule has 0 bridgehead atoms. The second kappa shape index (κ2) is 7.60. The monoisotopic (exact) mass is 282 g/mol. The van der Waals surface area contributed by atoms with E-state index in [2.05, 4.69) is 24.4 Å². The quantitative estimate of drug-likeness (QED) is 0.856. The molecular weight excluding hydrogens is 260 g/mol. The maximum absolute atomic E-state index is 12.3. The maximum Gasteiger partial charge on any atom is 0.251 e. The highest BCUT2D eigenvalue weighted by Gasteiger charge is 2.12. The summed E-state index contributed by atoms with van der Waals surface area (Å²) in [5, 5.41) is 3.02. The van der Waals surface area contributed by atoms with Gasteiger partial charge in [-0.05, 0) is 36.1 Å². The van der Waals surface area contributed by atoms with Gasteiger partial charge in [0.1, 0.15) is 0 Å². The van der Waals surface area contributed by atoms with E-state index in [0.717, 1.165) is 17.5 Å². The SMILES string of the molecule is CC(CNC(=O)c1ccccc1CCN)c1ccccc1. The number of hydrogen-bond donors (Lipinski definition) is 2. The molecule has 0 aliphatic carbocycles. The van der Waals surface area contributed by atoms with E-state index in [0.29, 0.717) is 13.1 Å². The lowest BCUT2D eigenvalue weighted by Crippen LogP contribution is -2.28. The van der Waals surface area contributed by atoms with Crippen LogP contribution in [0, 0.1) is 0 Å². The van der Waals surface area contributed by atoms with E-state index in [1.807, 2.05) is 42.5 Å². The van der Waals surface area contributed by atoms with Gasteiger partial charge >= 0.3 is 0 Å². The molecule has 0 aliphatic heterocycles. The molecule has 0 aliphatic rings. The average Bonchev–Trinajstić information content (AvgIpc) is 2.54. The number of carbonyl (C=O) groups is 1. The summed E-state index contributed by atoms with van der Waals surface area (Å²) in [6, 6.07) is 17.8. The molecule has 2 aromatic rings. The molecule has 1 atom stereocenters. The van der Waals surface area contributed by atoms with Gasteiger partial charge in [-0.2, -0.15) is 0 Å². The van der Waals surface area contributed by atoms with Crippen molar-refractivity contribution in [1.29, 1.82) is 0 Å². The van der Waals surface area contributed by atoms with Crippen LogP contribution in [0.1, 0.15) is 34.3 Å². The molecular formula is C18H22N2O. The van der Waals surface area contributed by atoms with Crippen molar-refractivity contribution in [3.8, 4) is 0 Å². The number of hydrogen-bond acceptors (Lipinski definition) is 2. The van der Waals surface area contributed by atoms with Gasteiger partial charge in [-0.15, -0.1) is 0 Å². The van der Waals surface area contributed by atoms with Crippen LogP contribution in [0.4, 0.5) is 0 Å². The second-order valence-electron chi connectivity index (χ2n) is 5.22. The molecule has 0 aromatic heterocycles. The van der Waals surface area contributed by atoms with Gasteiger partial charge in [0.25, 0.3) is 5.91 Å². The molecule has 3 heteroatoms. The predicted molar refractivity (Wildman–Crippen MR) is 86.4 cm³/mol. The van der Waals surface area contributed by atoms with Gasteiger partial charge in [0.05, 0.1) is 0 Å². The number of rotatable bonds is 6. The highest BCUT2D eigenvalue weighted by atomic mass is 16.1. The van der Waals surface area contributed by atoms with Gasteiger partial charge in [-0.25, -0.2) is 0 Å². The molecule has 0 spiro atoms. The first-order valence-corrected chi connectivity index (χ1v) is 7.33. The van der Waals surface area contributed by atoms with Gasteiger partial charge in [-0.3, -0.25) is 4.79 Å². The molecule has 0 fully saturated rings. The fourth-order valence-electron chi connectivity index (χ4n) is 2.36. The standard InChI is InChI=1S/C18H22N2O/c1-14(15-7-3-2-4-8-15)13-20-18(21)17-10-6-5-9-16(17)11-12-19/h2-10,14H,11-13,19H2,1H3,(H,20,21). The van der Waals surface area contributed by atoms with E-state index < -0.39 is 0 Å². The van der Waals surface area contributed by atoms with Crippen molar-refractivity contribution in [3.63, 3.8) is 0 Å². The maximum atomic E-state index is 12.3. The summed E-state index contributed by atoms with van der Waals surface area (Å²) in [5.74, 6) is 0.263. The highest BCUT2D eigenvalue weighted by molar-refractivity contribution is 5.95. The normalized spacial score (nSPS) is 11.9. The first-order chi connectivity index (χ1) is 10.2. The van der Waals surface area contributed by atoms with Crippen LogP contribution in [0.2, 0.25) is 0 Å². The molecule has 0 saturated carbocycles. The lowest BCUT2D eigenvalue weighted by molar-refractivity contribution is 0.0950. The minimum atomic E-state index is -0.0261. The van der Waals surface area contributed by atoms with Crippen LogP contribution in [-0.2, 0) is 6.42 Å². The van der Waals surface area contributed by atoms with Crippen LogP contribution >= 0.6 is 0 Å². The predicted octanol–water partition coefficient (Wildman–Crippen LogP) is 2.72. The first-order valence-electron chi connectivity index (χ1n) is 7.33. The third-order valence-electron chi connectivity index (χ3n) is 3.61. The molecule has 1 amide bonds. The lowest BCUT2D eigenvalue weighted by Gasteiger charge is -2.14. The van der Waals surface area contributed by atoms with E-state index in [4.69, 9.17) is 5.73 Å². The Kier molecular flexibility index (Phi) is 5.52. The highest BCUT2D eigenvalue weighted by Crippen LogP contribution is 2.14. The third-order valence-corrected chi connectivity index (χ3v) is 3.61. The van der Waals surface area contributed by atoms with Crippen molar-refractivity contribution in [2.75, 3.05) is 13.1 Å². The third kappa shape index (κ3) is 4.17. The van der Waals surface area contributed by atoms with Crippen LogP contribution in [-0.4, -0.2) is 19.0 Å². The molecule has 0 saturated heterocycles. The van der Waals surface area contributed by atoms with Gasteiger partial charge in [0, 0.05) is 12.1 Å². The Morgan fingerprint density at radius 3 is 2.48 bits per heavy atom. The van der Waals surface area contributed by atoms with E-state index in [1.165, 1.54) is 5.56 Å². The van der Waals surface area contributed by atoms with E-state index in [-0.39, 0.29) is 11.8 Å². The fraction of sp³-hybridized carbons (Fsp3) is 0.278. The second-order valence-corrected chi connectivity index (χ2v) is 5.22. The van der Waals surface area contributed by atoms with Crippen molar-refractivity contribution in [1.82, 2.24) is 5.32 Å². The molecule has 2 rings (SSSR count). The molecule has 1 unspecified atom stereocenters. The van der Waals surface area contributed by atoms with Gasteiger partial charge < -0.3 is 11.1 Å². The van der Waals surface area contributed by atoms with Crippen LogP contribution in [0.3, 0.4) is 0 Å². The summed E-state index contributed by atoms with van der Waals surface area (Å²) >= 11 is 0. The van der Waals surface area contributed by atoms with Crippen LogP contribution in [0.25, 0.3) is 0 Å². The lowest BCUT2D eigenvalue weighted by atomic mass is 10.0. The van der Waals surface area contributed by atoms with Crippen LogP contribution < -0.4 is 11.1 Å². The summed E-state index contributed by atoms with van der Waals surface area (Å²) in [4.78, 5) is 12.3. The Morgan fingerprint density at radius 2 is 1.76 bits per heavy atom. The van der Waals surface area contributed by atoms with Crippen molar-refractivity contribution in [2.45, 2.75) is 19.3 Å². The van der Waals surface area contributed by atoms with Crippen molar-refractivity contribution < 1.29 is 4.79 Å². The van der Waals surface area contributed by atoms with Crippen molar-refractivity contribution >= 4 is 5.91 Å². The zero-order valence-electron chi connectivity index (χ0n) is 12.4. The van der Waals surface area contributed by atoms with Crippen molar-refractivity contribution in [3.05, 3.63) is 71.3 Å². The Labute approximate surface area is 126 Å². The number of amides is 1. The van der Waals surface area contributed by atoms with E-state index >= 15 is 0 Å². The summed E-state index contributed by atoms with van der Waals surface area (Å²) in [7, 11) is 0. The minimum absolute atomic E-state index is 0.0261. The Bertz CT molecular complexity index is 581. The zero-order valence-corrected chi connectivity index (χ0v) is 12.4. The topological polar surface area (TPSA) is 55.1 Å². The van der Waals surface area contributed by atoms with E-state index in [1.54, 1.807) is 0 Å². The Hall–Kier alpha value is -2.13. The molecule has 3 N–H and O–H groups in total. The molecule has 3 nitrogen and oxygen atoms in total. The summed E-state index contributed by atoms with van der Waals surface area (Å²) in [5.41, 5.74) is 8.56. The van der Waals surface area contributed by atoms with Crippen LogP contribution in [0.5, 0.6) is 0 Å². The molecule has 110 valence electrons. The van der Waals surface area contributed by atoms with Gasteiger partial charge in [-0.1, -0.05) is 55.5 Å².